The Morgan fingerprint density at radius 2 is 1.88 bits per heavy atom. The minimum atomic E-state index is -0.916. The molecule has 0 aliphatic heterocycles. The Morgan fingerprint density at radius 1 is 1.25 bits per heavy atom. The second kappa shape index (κ2) is 6.78. The standard InChI is InChI=1S/C11H19NO3S/c1-16-9-4-2-8(3-5-9)12-10(13)6-7-11(14)15/h8-9H,2-7H2,1H3,(H,12,13)(H,14,15). The van der Waals surface area contributed by atoms with Crippen molar-refractivity contribution in [1.29, 1.82) is 0 Å². The number of carboxylic acids is 1. The first-order valence-electron chi connectivity index (χ1n) is 5.65. The van der Waals surface area contributed by atoms with Crippen molar-refractivity contribution in [2.45, 2.75) is 49.8 Å². The van der Waals surface area contributed by atoms with Gasteiger partial charge in [0.1, 0.15) is 0 Å². The average Bonchev–Trinajstić information content (AvgIpc) is 2.27. The zero-order chi connectivity index (χ0) is 12.0. The molecule has 4 nitrogen and oxygen atoms in total. The predicted octanol–water partition coefficient (Wildman–Crippen LogP) is 1.64. The first kappa shape index (κ1) is 13.4. The number of thioether (sulfide) groups is 1. The van der Waals surface area contributed by atoms with Gasteiger partial charge in [-0.25, -0.2) is 0 Å². The van der Waals surface area contributed by atoms with Gasteiger partial charge in [0.05, 0.1) is 6.42 Å². The maximum absolute atomic E-state index is 11.4. The molecule has 0 radical (unpaired) electrons. The molecule has 0 saturated heterocycles. The summed E-state index contributed by atoms with van der Waals surface area (Å²) >= 11 is 1.89. The van der Waals surface area contributed by atoms with E-state index in [1.807, 2.05) is 11.8 Å². The molecule has 1 saturated carbocycles. The lowest BCUT2D eigenvalue weighted by atomic mass is 9.95. The van der Waals surface area contributed by atoms with Gasteiger partial charge in [0.15, 0.2) is 0 Å². The molecular weight excluding hydrogens is 226 g/mol. The molecule has 0 aromatic carbocycles. The van der Waals surface area contributed by atoms with E-state index in [0.717, 1.165) is 30.9 Å². The third-order valence-electron chi connectivity index (χ3n) is 2.94. The van der Waals surface area contributed by atoms with Crippen LogP contribution in [0.25, 0.3) is 0 Å². The van der Waals surface area contributed by atoms with Gasteiger partial charge in [0, 0.05) is 17.7 Å². The molecule has 0 bridgehead atoms. The van der Waals surface area contributed by atoms with Crippen molar-refractivity contribution >= 4 is 23.6 Å². The van der Waals surface area contributed by atoms with Crippen LogP contribution in [0.15, 0.2) is 0 Å². The van der Waals surface area contributed by atoms with Crippen molar-refractivity contribution in [1.82, 2.24) is 5.32 Å². The lowest BCUT2D eigenvalue weighted by Crippen LogP contribution is -2.38. The Balaban J connectivity index is 2.18. The molecular formula is C11H19NO3S. The summed E-state index contributed by atoms with van der Waals surface area (Å²) in [5.74, 6) is -1.05. The van der Waals surface area contributed by atoms with Gasteiger partial charge >= 0.3 is 5.97 Å². The van der Waals surface area contributed by atoms with Gasteiger partial charge in [-0.2, -0.15) is 11.8 Å². The van der Waals surface area contributed by atoms with Crippen LogP contribution in [0.2, 0.25) is 0 Å². The number of amides is 1. The zero-order valence-corrected chi connectivity index (χ0v) is 10.4. The molecule has 16 heavy (non-hydrogen) atoms. The lowest BCUT2D eigenvalue weighted by Gasteiger charge is -2.27. The van der Waals surface area contributed by atoms with Crippen LogP contribution >= 0.6 is 11.8 Å². The predicted molar refractivity (Wildman–Crippen MR) is 64.6 cm³/mol. The summed E-state index contributed by atoms with van der Waals surface area (Å²) in [6, 6.07) is 0.254. The van der Waals surface area contributed by atoms with E-state index in [2.05, 4.69) is 11.6 Å². The highest BCUT2D eigenvalue weighted by molar-refractivity contribution is 7.99. The third-order valence-corrected chi connectivity index (χ3v) is 4.08. The molecule has 92 valence electrons. The quantitative estimate of drug-likeness (QED) is 0.772. The Labute approximate surface area is 100 Å². The molecule has 0 aromatic heterocycles. The van der Waals surface area contributed by atoms with Gasteiger partial charge in [0.2, 0.25) is 5.91 Å². The van der Waals surface area contributed by atoms with Crippen LogP contribution in [0, 0.1) is 0 Å². The molecule has 0 unspecified atom stereocenters. The highest BCUT2D eigenvalue weighted by atomic mass is 32.2. The third kappa shape index (κ3) is 4.88. The van der Waals surface area contributed by atoms with Crippen LogP contribution in [0.3, 0.4) is 0 Å². The molecule has 0 spiro atoms. The summed E-state index contributed by atoms with van der Waals surface area (Å²) in [7, 11) is 0. The number of carbonyl (C=O) groups excluding carboxylic acids is 1. The topological polar surface area (TPSA) is 66.4 Å². The molecule has 1 rings (SSSR count). The largest absolute Gasteiger partial charge is 0.481 e. The Hall–Kier alpha value is -0.710. The smallest absolute Gasteiger partial charge is 0.303 e. The van der Waals surface area contributed by atoms with E-state index in [4.69, 9.17) is 5.11 Å². The molecule has 0 aromatic rings. The normalized spacial score (nSPS) is 25.1. The van der Waals surface area contributed by atoms with Crippen molar-refractivity contribution in [2.75, 3.05) is 6.26 Å². The van der Waals surface area contributed by atoms with Crippen LogP contribution in [0.1, 0.15) is 38.5 Å². The summed E-state index contributed by atoms with van der Waals surface area (Å²) in [5.41, 5.74) is 0. The minimum absolute atomic E-state index is 0.0774. The summed E-state index contributed by atoms with van der Waals surface area (Å²) < 4.78 is 0. The van der Waals surface area contributed by atoms with E-state index in [1.165, 1.54) is 0 Å². The fourth-order valence-electron chi connectivity index (χ4n) is 1.96. The van der Waals surface area contributed by atoms with Gasteiger partial charge in [-0.15, -0.1) is 0 Å². The van der Waals surface area contributed by atoms with E-state index in [1.54, 1.807) is 0 Å². The number of aliphatic carboxylic acids is 1. The maximum atomic E-state index is 11.4. The fourth-order valence-corrected chi connectivity index (χ4v) is 2.71. The van der Waals surface area contributed by atoms with E-state index in [9.17, 15) is 9.59 Å². The second-order valence-corrected chi connectivity index (χ2v) is 5.31. The zero-order valence-electron chi connectivity index (χ0n) is 9.57. The van der Waals surface area contributed by atoms with E-state index in [-0.39, 0.29) is 24.8 Å². The summed E-state index contributed by atoms with van der Waals surface area (Å²) in [6.07, 6.45) is 6.46. The Bertz CT molecular complexity index is 250. The summed E-state index contributed by atoms with van der Waals surface area (Å²) in [4.78, 5) is 21.7. The molecule has 0 atom stereocenters. The van der Waals surface area contributed by atoms with Gasteiger partial charge in [-0.3, -0.25) is 9.59 Å². The number of rotatable bonds is 5. The van der Waals surface area contributed by atoms with Gasteiger partial charge < -0.3 is 10.4 Å². The van der Waals surface area contributed by atoms with Crippen LogP contribution in [0.5, 0.6) is 0 Å². The molecule has 1 aliphatic carbocycles. The van der Waals surface area contributed by atoms with Crippen molar-refractivity contribution in [3.63, 3.8) is 0 Å². The van der Waals surface area contributed by atoms with E-state index in [0.29, 0.717) is 0 Å². The van der Waals surface area contributed by atoms with Crippen molar-refractivity contribution in [3.05, 3.63) is 0 Å². The minimum Gasteiger partial charge on any atom is -0.481 e. The van der Waals surface area contributed by atoms with E-state index >= 15 is 0 Å². The number of nitrogens with one attached hydrogen (secondary N) is 1. The monoisotopic (exact) mass is 245 g/mol. The highest BCUT2D eigenvalue weighted by Gasteiger charge is 2.21. The van der Waals surface area contributed by atoms with Crippen molar-refractivity contribution in [3.8, 4) is 0 Å². The molecule has 2 N–H and O–H groups in total. The molecule has 1 aliphatic rings. The summed E-state index contributed by atoms with van der Waals surface area (Å²) in [5, 5.41) is 12.1. The number of carbonyl (C=O) groups is 2. The van der Waals surface area contributed by atoms with Crippen LogP contribution in [-0.4, -0.2) is 34.5 Å². The van der Waals surface area contributed by atoms with Crippen LogP contribution in [-0.2, 0) is 9.59 Å². The summed E-state index contributed by atoms with van der Waals surface area (Å²) in [6.45, 7) is 0. The number of carboxylic acid groups (broad SMARTS) is 1. The Morgan fingerprint density at radius 3 is 2.38 bits per heavy atom. The first-order chi connectivity index (χ1) is 7.61. The van der Waals surface area contributed by atoms with Crippen LogP contribution < -0.4 is 5.32 Å². The fraction of sp³-hybridized carbons (Fsp3) is 0.818. The molecule has 5 heteroatoms. The highest BCUT2D eigenvalue weighted by Crippen LogP contribution is 2.26. The van der Waals surface area contributed by atoms with Crippen molar-refractivity contribution < 1.29 is 14.7 Å². The molecule has 1 fully saturated rings. The van der Waals surface area contributed by atoms with Gasteiger partial charge in [-0.1, -0.05) is 0 Å². The van der Waals surface area contributed by atoms with Gasteiger partial charge in [0.25, 0.3) is 0 Å². The van der Waals surface area contributed by atoms with E-state index < -0.39 is 5.97 Å². The van der Waals surface area contributed by atoms with Crippen LogP contribution in [0.4, 0.5) is 0 Å². The number of hydrogen-bond donors (Lipinski definition) is 2. The Kier molecular flexibility index (Phi) is 5.66. The van der Waals surface area contributed by atoms with Crippen molar-refractivity contribution in [2.24, 2.45) is 0 Å². The lowest BCUT2D eigenvalue weighted by molar-refractivity contribution is -0.139. The maximum Gasteiger partial charge on any atom is 0.303 e. The number of hydrogen-bond acceptors (Lipinski definition) is 3. The molecule has 0 heterocycles. The van der Waals surface area contributed by atoms with Gasteiger partial charge in [-0.05, 0) is 31.9 Å². The first-order valence-corrected chi connectivity index (χ1v) is 6.94. The SMILES string of the molecule is CSC1CCC(NC(=O)CCC(=O)O)CC1. The second-order valence-electron chi connectivity index (χ2n) is 4.17. The molecule has 1 amide bonds. The average molecular weight is 245 g/mol.